The number of carbonyl (C=O) groups is 1. The maximum absolute atomic E-state index is 10.9. The molecule has 0 aliphatic carbocycles. The third kappa shape index (κ3) is 2.14. The molecule has 3 rings (SSSR count). The van der Waals surface area contributed by atoms with E-state index in [9.17, 15) is 4.79 Å². The fraction of sp³-hybridized carbons (Fsp3) is 0.0714. The summed E-state index contributed by atoms with van der Waals surface area (Å²) >= 11 is 1.68. The van der Waals surface area contributed by atoms with Gasteiger partial charge < -0.3 is 5.11 Å². The third-order valence-corrected chi connectivity index (χ3v) is 3.75. The highest BCUT2D eigenvalue weighted by Crippen LogP contribution is 2.22. The second kappa shape index (κ2) is 4.97. The van der Waals surface area contributed by atoms with E-state index in [0.717, 1.165) is 5.56 Å². The van der Waals surface area contributed by atoms with Gasteiger partial charge in [0.25, 0.3) is 0 Å². The average Bonchev–Trinajstić information content (AvgIpc) is 2.90. The molecule has 5 nitrogen and oxygen atoms in total. The predicted octanol–water partition coefficient (Wildman–Crippen LogP) is 2.82. The lowest BCUT2D eigenvalue weighted by atomic mass is 10.2. The van der Waals surface area contributed by atoms with Gasteiger partial charge >= 0.3 is 5.97 Å². The van der Waals surface area contributed by atoms with E-state index in [-0.39, 0.29) is 5.56 Å². The summed E-state index contributed by atoms with van der Waals surface area (Å²) in [5.74, 6) is -0.272. The van der Waals surface area contributed by atoms with Crippen LogP contribution < -0.4 is 0 Å². The van der Waals surface area contributed by atoms with Gasteiger partial charge in [0, 0.05) is 16.7 Å². The van der Waals surface area contributed by atoms with Crippen LogP contribution in [0.25, 0.3) is 17.0 Å². The van der Waals surface area contributed by atoms with Crippen molar-refractivity contribution in [1.29, 1.82) is 0 Å². The van der Waals surface area contributed by atoms with Crippen molar-refractivity contribution in [3.05, 3.63) is 48.2 Å². The van der Waals surface area contributed by atoms with Gasteiger partial charge in [-0.2, -0.15) is 0 Å². The van der Waals surface area contributed by atoms with Crippen LogP contribution in [0.4, 0.5) is 0 Å². The number of hydrogen-bond acceptors (Lipinski definition) is 4. The summed E-state index contributed by atoms with van der Waals surface area (Å²) in [6, 6.07) is 11.0. The van der Waals surface area contributed by atoms with Crippen LogP contribution in [0.2, 0.25) is 0 Å². The fourth-order valence-electron chi connectivity index (χ4n) is 1.96. The zero-order valence-corrected chi connectivity index (χ0v) is 11.5. The smallest absolute Gasteiger partial charge is 0.335 e. The van der Waals surface area contributed by atoms with E-state index in [0.29, 0.717) is 11.5 Å². The molecule has 6 heteroatoms. The first kappa shape index (κ1) is 12.7. The van der Waals surface area contributed by atoms with Crippen molar-refractivity contribution in [3.8, 4) is 11.4 Å². The topological polar surface area (TPSA) is 67.5 Å². The highest BCUT2D eigenvalue weighted by Gasteiger charge is 2.10. The maximum atomic E-state index is 10.9. The van der Waals surface area contributed by atoms with Gasteiger partial charge in [-0.25, -0.2) is 4.79 Å². The molecule has 0 unspecified atom stereocenters. The molecule has 0 atom stereocenters. The van der Waals surface area contributed by atoms with Crippen LogP contribution in [-0.4, -0.2) is 31.9 Å². The van der Waals surface area contributed by atoms with E-state index in [1.165, 1.54) is 11.0 Å². The van der Waals surface area contributed by atoms with Crippen LogP contribution in [0.5, 0.6) is 0 Å². The zero-order valence-electron chi connectivity index (χ0n) is 10.6. The Kier molecular flexibility index (Phi) is 3.15. The number of benzene rings is 1. The van der Waals surface area contributed by atoms with Crippen molar-refractivity contribution >= 4 is 23.4 Å². The lowest BCUT2D eigenvalue weighted by molar-refractivity contribution is 0.0697. The molecule has 0 aliphatic rings. The molecule has 3 aromatic rings. The average molecular weight is 285 g/mol. The molecule has 1 N–H and O–H groups in total. The van der Waals surface area contributed by atoms with Crippen LogP contribution in [0.3, 0.4) is 0 Å². The normalized spacial score (nSPS) is 10.8. The van der Waals surface area contributed by atoms with Crippen molar-refractivity contribution in [2.75, 3.05) is 6.26 Å². The number of carboxylic acids is 1. The molecule has 0 bridgehead atoms. The Morgan fingerprint density at radius 3 is 2.60 bits per heavy atom. The summed E-state index contributed by atoms with van der Waals surface area (Å²) in [4.78, 5) is 12.1. The van der Waals surface area contributed by atoms with E-state index >= 15 is 0 Å². The van der Waals surface area contributed by atoms with Crippen molar-refractivity contribution in [2.24, 2.45) is 0 Å². The minimum absolute atomic E-state index is 0.203. The molecule has 0 amide bonds. The molecular formula is C14H11N3O2S. The van der Waals surface area contributed by atoms with E-state index < -0.39 is 5.97 Å². The number of aromatic nitrogens is 3. The van der Waals surface area contributed by atoms with Gasteiger partial charge in [0.15, 0.2) is 11.5 Å². The number of thioether (sulfide) groups is 1. The number of pyridine rings is 1. The Bertz CT molecular complexity index is 781. The first-order chi connectivity index (χ1) is 9.69. The predicted molar refractivity (Wildman–Crippen MR) is 77.2 cm³/mol. The first-order valence-electron chi connectivity index (χ1n) is 5.91. The van der Waals surface area contributed by atoms with E-state index in [4.69, 9.17) is 5.11 Å². The molecule has 0 spiro atoms. The molecular weight excluding hydrogens is 274 g/mol. The van der Waals surface area contributed by atoms with Crippen LogP contribution in [0.15, 0.2) is 47.5 Å². The summed E-state index contributed by atoms with van der Waals surface area (Å²) in [6.45, 7) is 0. The Hall–Kier alpha value is -2.34. The van der Waals surface area contributed by atoms with Crippen molar-refractivity contribution in [2.45, 2.75) is 4.90 Å². The van der Waals surface area contributed by atoms with Crippen molar-refractivity contribution < 1.29 is 9.90 Å². The monoisotopic (exact) mass is 285 g/mol. The summed E-state index contributed by atoms with van der Waals surface area (Å²) in [6.07, 6.45) is 3.70. The van der Waals surface area contributed by atoms with Gasteiger partial charge in [0.05, 0.1) is 5.56 Å². The van der Waals surface area contributed by atoms with Crippen LogP contribution in [0, 0.1) is 0 Å². The van der Waals surface area contributed by atoms with E-state index in [1.807, 2.05) is 30.5 Å². The zero-order chi connectivity index (χ0) is 14.1. The summed E-state index contributed by atoms with van der Waals surface area (Å²) in [5.41, 5.74) is 1.67. The Morgan fingerprint density at radius 2 is 1.95 bits per heavy atom. The highest BCUT2D eigenvalue weighted by atomic mass is 32.2. The standard InChI is InChI=1S/C14H11N3O2S/c1-20-11-4-2-9(3-5-11)13-16-15-12-8-10(14(18)19)6-7-17(12)13/h2-8H,1H3,(H,18,19). The van der Waals surface area contributed by atoms with Gasteiger partial charge in [-0.3, -0.25) is 4.40 Å². The number of carboxylic acid groups (broad SMARTS) is 1. The number of fused-ring (bicyclic) bond motifs is 1. The lowest BCUT2D eigenvalue weighted by Crippen LogP contribution is -1.98. The summed E-state index contributed by atoms with van der Waals surface area (Å²) in [5, 5.41) is 17.1. The molecule has 100 valence electrons. The van der Waals surface area contributed by atoms with Gasteiger partial charge in [0.2, 0.25) is 0 Å². The molecule has 2 aromatic heterocycles. The first-order valence-corrected chi connectivity index (χ1v) is 7.14. The third-order valence-electron chi connectivity index (χ3n) is 3.01. The largest absolute Gasteiger partial charge is 0.478 e. The quantitative estimate of drug-likeness (QED) is 0.749. The molecule has 20 heavy (non-hydrogen) atoms. The van der Waals surface area contributed by atoms with Gasteiger partial charge in [-0.15, -0.1) is 22.0 Å². The van der Waals surface area contributed by atoms with Crippen LogP contribution >= 0.6 is 11.8 Å². The fourth-order valence-corrected chi connectivity index (χ4v) is 2.37. The van der Waals surface area contributed by atoms with Gasteiger partial charge in [0.1, 0.15) is 0 Å². The van der Waals surface area contributed by atoms with E-state index in [2.05, 4.69) is 10.2 Å². The van der Waals surface area contributed by atoms with Crippen molar-refractivity contribution in [1.82, 2.24) is 14.6 Å². The van der Waals surface area contributed by atoms with Crippen molar-refractivity contribution in [3.63, 3.8) is 0 Å². The van der Waals surface area contributed by atoms with Gasteiger partial charge in [-0.1, -0.05) is 12.1 Å². The minimum atomic E-state index is -0.971. The second-order valence-corrected chi connectivity index (χ2v) is 5.08. The molecule has 0 fully saturated rings. The lowest BCUT2D eigenvalue weighted by Gasteiger charge is -2.02. The van der Waals surface area contributed by atoms with Crippen LogP contribution in [0.1, 0.15) is 10.4 Å². The molecule has 2 heterocycles. The Labute approximate surface area is 119 Å². The number of nitrogens with zero attached hydrogens (tertiary/aromatic N) is 3. The molecule has 0 radical (unpaired) electrons. The van der Waals surface area contributed by atoms with Crippen LogP contribution in [-0.2, 0) is 0 Å². The molecule has 0 saturated carbocycles. The second-order valence-electron chi connectivity index (χ2n) is 4.20. The summed E-state index contributed by atoms with van der Waals surface area (Å²) in [7, 11) is 0. The van der Waals surface area contributed by atoms with Gasteiger partial charge in [-0.05, 0) is 30.5 Å². The summed E-state index contributed by atoms with van der Waals surface area (Å²) < 4.78 is 1.78. The van der Waals surface area contributed by atoms with E-state index in [1.54, 1.807) is 28.4 Å². The number of hydrogen-bond donors (Lipinski definition) is 1. The highest BCUT2D eigenvalue weighted by molar-refractivity contribution is 7.98. The SMILES string of the molecule is CSc1ccc(-c2nnc3cc(C(=O)O)ccn23)cc1. The maximum Gasteiger partial charge on any atom is 0.335 e. The molecule has 0 saturated heterocycles. The molecule has 0 aliphatic heterocycles. The Morgan fingerprint density at radius 1 is 1.20 bits per heavy atom. The number of rotatable bonds is 3. The number of aromatic carboxylic acids is 1. The Balaban J connectivity index is 2.09. The minimum Gasteiger partial charge on any atom is -0.478 e. The molecule has 1 aromatic carbocycles.